The van der Waals surface area contributed by atoms with Gasteiger partial charge in [-0.15, -0.1) is 0 Å². The van der Waals surface area contributed by atoms with Crippen molar-refractivity contribution in [1.29, 1.82) is 0 Å². The summed E-state index contributed by atoms with van der Waals surface area (Å²) in [5, 5.41) is 4.50. The summed E-state index contributed by atoms with van der Waals surface area (Å²) >= 11 is 0. The summed E-state index contributed by atoms with van der Waals surface area (Å²) < 4.78 is 1.69. The van der Waals surface area contributed by atoms with Gasteiger partial charge in [0.1, 0.15) is 5.69 Å². The predicted molar refractivity (Wildman–Crippen MR) is 106 cm³/mol. The van der Waals surface area contributed by atoms with Gasteiger partial charge in [-0.25, -0.2) is 0 Å². The number of amides is 1. The molecule has 1 aromatic carbocycles. The number of aromatic nitrogens is 3. The number of benzene rings is 1. The van der Waals surface area contributed by atoms with Gasteiger partial charge in [-0.05, 0) is 35.6 Å². The molecule has 0 aliphatic heterocycles. The smallest absolute Gasteiger partial charge is 0.272 e. The van der Waals surface area contributed by atoms with Crippen molar-refractivity contribution in [3.05, 3.63) is 83.4 Å². The molecule has 140 valence electrons. The molecule has 2 heterocycles. The highest BCUT2D eigenvalue weighted by molar-refractivity contribution is 5.92. The molecule has 3 rings (SSSR count). The summed E-state index contributed by atoms with van der Waals surface area (Å²) in [5.74, 6) is 0.283. The highest BCUT2D eigenvalue weighted by Gasteiger charge is 2.21. The van der Waals surface area contributed by atoms with Crippen LogP contribution < -0.4 is 0 Å². The number of hydrogen-bond donors (Lipinski definition) is 0. The number of nitrogens with zero attached hydrogens (tertiary/aromatic N) is 4. The molecular formula is C22H26N4O. The molecule has 0 saturated heterocycles. The molecule has 0 unspecified atom stereocenters. The zero-order valence-electron chi connectivity index (χ0n) is 16.2. The number of rotatable bonds is 7. The van der Waals surface area contributed by atoms with Crippen molar-refractivity contribution in [1.82, 2.24) is 19.7 Å². The highest BCUT2D eigenvalue weighted by Crippen LogP contribution is 2.17. The fourth-order valence-electron chi connectivity index (χ4n) is 3.01. The van der Waals surface area contributed by atoms with Gasteiger partial charge in [0.15, 0.2) is 0 Å². The molecule has 1 amide bonds. The van der Waals surface area contributed by atoms with E-state index in [2.05, 4.69) is 36.1 Å². The molecule has 27 heavy (non-hydrogen) atoms. The van der Waals surface area contributed by atoms with E-state index in [-0.39, 0.29) is 11.8 Å². The Morgan fingerprint density at radius 2 is 1.85 bits per heavy atom. The molecule has 5 heteroatoms. The zero-order chi connectivity index (χ0) is 19.2. The molecule has 0 spiro atoms. The second kappa shape index (κ2) is 8.62. The van der Waals surface area contributed by atoms with Crippen LogP contribution in [0.3, 0.4) is 0 Å². The monoisotopic (exact) mass is 362 g/mol. The van der Waals surface area contributed by atoms with Crippen molar-refractivity contribution in [3.63, 3.8) is 0 Å². The average molecular weight is 362 g/mol. The van der Waals surface area contributed by atoms with Crippen molar-refractivity contribution >= 4 is 5.91 Å². The molecule has 0 radical (unpaired) electrons. The van der Waals surface area contributed by atoms with E-state index >= 15 is 0 Å². The standard InChI is InChI=1S/C22H26N4O/c1-17(2)20-14-21(25(3)24-20)22(27)26(16-19-10-7-12-23-15-19)13-11-18-8-5-4-6-9-18/h4-10,12,14-15,17H,11,13,16H2,1-3H3. The van der Waals surface area contributed by atoms with Crippen LogP contribution in [-0.4, -0.2) is 32.1 Å². The predicted octanol–water partition coefficient (Wildman–Crippen LogP) is 3.82. The Morgan fingerprint density at radius 1 is 1.11 bits per heavy atom. The Labute approximate surface area is 160 Å². The quantitative estimate of drug-likeness (QED) is 0.642. The van der Waals surface area contributed by atoms with Crippen LogP contribution in [0.2, 0.25) is 0 Å². The van der Waals surface area contributed by atoms with Crippen LogP contribution in [0.4, 0.5) is 0 Å². The molecule has 0 bridgehead atoms. The third-order valence-corrected chi connectivity index (χ3v) is 4.61. The van der Waals surface area contributed by atoms with Crippen LogP contribution in [0, 0.1) is 0 Å². The van der Waals surface area contributed by atoms with Crippen molar-refractivity contribution in [2.24, 2.45) is 7.05 Å². The Bertz CT molecular complexity index is 872. The molecular weight excluding hydrogens is 336 g/mol. The minimum Gasteiger partial charge on any atom is -0.333 e. The maximum atomic E-state index is 13.3. The van der Waals surface area contributed by atoms with E-state index in [4.69, 9.17) is 0 Å². The van der Waals surface area contributed by atoms with Gasteiger partial charge in [-0.1, -0.05) is 50.2 Å². The topological polar surface area (TPSA) is 51.0 Å². The van der Waals surface area contributed by atoms with Gasteiger partial charge >= 0.3 is 0 Å². The summed E-state index contributed by atoms with van der Waals surface area (Å²) in [6.07, 6.45) is 4.36. The molecule has 3 aromatic rings. The maximum absolute atomic E-state index is 13.3. The minimum atomic E-state index is -0.00307. The minimum absolute atomic E-state index is 0.00307. The number of pyridine rings is 1. The second-order valence-electron chi connectivity index (χ2n) is 7.06. The Balaban J connectivity index is 1.82. The molecule has 0 N–H and O–H groups in total. The second-order valence-corrected chi connectivity index (χ2v) is 7.06. The summed E-state index contributed by atoms with van der Waals surface area (Å²) in [6.45, 7) is 5.33. The van der Waals surface area contributed by atoms with Gasteiger partial charge in [0.2, 0.25) is 0 Å². The first kappa shape index (κ1) is 18.8. The molecule has 0 aliphatic carbocycles. The number of carbonyl (C=O) groups is 1. The first-order valence-electron chi connectivity index (χ1n) is 9.30. The van der Waals surface area contributed by atoms with Gasteiger partial charge < -0.3 is 4.90 Å². The van der Waals surface area contributed by atoms with E-state index in [1.165, 1.54) is 5.56 Å². The summed E-state index contributed by atoms with van der Waals surface area (Å²) in [5.41, 5.74) is 3.79. The molecule has 0 fully saturated rings. The average Bonchev–Trinajstić information content (AvgIpc) is 3.08. The van der Waals surface area contributed by atoms with Crippen LogP contribution in [0.5, 0.6) is 0 Å². The van der Waals surface area contributed by atoms with E-state index in [1.807, 2.05) is 54.5 Å². The lowest BCUT2D eigenvalue weighted by atomic mass is 10.1. The van der Waals surface area contributed by atoms with Crippen molar-refractivity contribution in [2.75, 3.05) is 6.54 Å². The molecule has 0 aliphatic rings. The molecule has 0 saturated carbocycles. The first-order valence-corrected chi connectivity index (χ1v) is 9.30. The fourth-order valence-corrected chi connectivity index (χ4v) is 3.01. The summed E-state index contributed by atoms with van der Waals surface area (Å²) in [6, 6.07) is 16.0. The van der Waals surface area contributed by atoms with Crippen LogP contribution >= 0.6 is 0 Å². The Hall–Kier alpha value is -2.95. The third-order valence-electron chi connectivity index (χ3n) is 4.61. The maximum Gasteiger partial charge on any atom is 0.272 e. The Kier molecular flexibility index (Phi) is 6.01. The number of carbonyl (C=O) groups excluding carboxylic acids is 1. The van der Waals surface area contributed by atoms with Crippen LogP contribution in [0.1, 0.15) is 47.1 Å². The van der Waals surface area contributed by atoms with E-state index < -0.39 is 0 Å². The lowest BCUT2D eigenvalue weighted by Gasteiger charge is -2.23. The number of hydrogen-bond acceptors (Lipinski definition) is 3. The summed E-state index contributed by atoms with van der Waals surface area (Å²) in [4.78, 5) is 19.3. The first-order chi connectivity index (χ1) is 13.0. The van der Waals surface area contributed by atoms with Crippen molar-refractivity contribution < 1.29 is 4.79 Å². The zero-order valence-corrected chi connectivity index (χ0v) is 16.2. The van der Waals surface area contributed by atoms with Crippen LogP contribution in [0.15, 0.2) is 60.9 Å². The normalized spacial score (nSPS) is 11.0. The van der Waals surface area contributed by atoms with E-state index in [9.17, 15) is 4.79 Å². The van der Waals surface area contributed by atoms with Crippen LogP contribution in [0.25, 0.3) is 0 Å². The molecule has 2 aromatic heterocycles. The van der Waals surface area contributed by atoms with Gasteiger partial charge in [0.05, 0.1) is 5.69 Å². The van der Waals surface area contributed by atoms with Gasteiger partial charge in [0.25, 0.3) is 5.91 Å². The van der Waals surface area contributed by atoms with Crippen molar-refractivity contribution in [3.8, 4) is 0 Å². The van der Waals surface area contributed by atoms with Gasteiger partial charge in [0, 0.05) is 32.5 Å². The highest BCUT2D eigenvalue weighted by atomic mass is 16.2. The van der Waals surface area contributed by atoms with Crippen molar-refractivity contribution in [2.45, 2.75) is 32.7 Å². The lowest BCUT2D eigenvalue weighted by molar-refractivity contribution is 0.0734. The SMILES string of the molecule is CC(C)c1cc(C(=O)N(CCc2ccccc2)Cc2cccnc2)n(C)n1. The van der Waals surface area contributed by atoms with E-state index in [1.54, 1.807) is 10.9 Å². The molecule has 5 nitrogen and oxygen atoms in total. The van der Waals surface area contributed by atoms with E-state index in [0.717, 1.165) is 17.7 Å². The van der Waals surface area contributed by atoms with E-state index in [0.29, 0.717) is 18.8 Å². The Morgan fingerprint density at radius 3 is 2.48 bits per heavy atom. The number of aryl methyl sites for hydroxylation is 1. The fraction of sp³-hybridized carbons (Fsp3) is 0.318. The van der Waals surface area contributed by atoms with Gasteiger partial charge in [-0.3, -0.25) is 14.5 Å². The van der Waals surface area contributed by atoms with Crippen LogP contribution in [-0.2, 0) is 20.0 Å². The third kappa shape index (κ3) is 4.82. The largest absolute Gasteiger partial charge is 0.333 e. The van der Waals surface area contributed by atoms with Gasteiger partial charge in [-0.2, -0.15) is 5.10 Å². The summed E-state index contributed by atoms with van der Waals surface area (Å²) in [7, 11) is 1.83. The molecule has 0 atom stereocenters. The lowest BCUT2D eigenvalue weighted by Crippen LogP contribution is -2.33.